The number of benzene rings is 9. The summed E-state index contributed by atoms with van der Waals surface area (Å²) in [5.74, 6) is 0. The third-order valence-electron chi connectivity index (χ3n) is 11.2. The zero-order chi connectivity index (χ0) is 34.1. The van der Waals surface area contributed by atoms with Crippen molar-refractivity contribution in [1.29, 1.82) is 0 Å². The molecule has 0 aromatic heterocycles. The van der Waals surface area contributed by atoms with E-state index in [4.69, 9.17) is 0 Å². The van der Waals surface area contributed by atoms with Crippen LogP contribution >= 0.6 is 0 Å². The quantitative estimate of drug-likeness (QED) is 0.167. The SMILES string of the molecule is CC1(C)c2ccccc2-c2ccc(-c3cccc(-c4ccc5c(ccc6cc(-c7cc8ccccc8cc7-c7ccccc7)ccc65)c4)c3)cc21. The van der Waals surface area contributed by atoms with Crippen LogP contribution in [0.15, 0.2) is 182 Å². The number of hydrogen-bond donors (Lipinski definition) is 0. The highest BCUT2D eigenvalue weighted by molar-refractivity contribution is 6.10. The summed E-state index contributed by atoms with van der Waals surface area (Å²) in [5, 5.41) is 7.58. The van der Waals surface area contributed by atoms with Crippen molar-refractivity contribution < 1.29 is 0 Å². The van der Waals surface area contributed by atoms with E-state index >= 15 is 0 Å². The first-order valence-corrected chi connectivity index (χ1v) is 17.9. The van der Waals surface area contributed by atoms with Crippen molar-refractivity contribution in [3.8, 4) is 55.6 Å². The lowest BCUT2D eigenvalue weighted by molar-refractivity contribution is 0.660. The van der Waals surface area contributed by atoms with E-state index in [0.29, 0.717) is 0 Å². The van der Waals surface area contributed by atoms with Gasteiger partial charge in [0.05, 0.1) is 0 Å². The Kier molecular flexibility index (Phi) is 6.63. The topological polar surface area (TPSA) is 0 Å². The summed E-state index contributed by atoms with van der Waals surface area (Å²) in [6.07, 6.45) is 0. The summed E-state index contributed by atoms with van der Waals surface area (Å²) >= 11 is 0. The van der Waals surface area contributed by atoms with Crippen LogP contribution in [-0.2, 0) is 5.41 Å². The summed E-state index contributed by atoms with van der Waals surface area (Å²) in [6, 6.07) is 67.5. The van der Waals surface area contributed by atoms with Gasteiger partial charge in [0.15, 0.2) is 0 Å². The molecule has 0 bridgehead atoms. The molecule has 0 heteroatoms. The van der Waals surface area contributed by atoms with Crippen LogP contribution in [0.4, 0.5) is 0 Å². The maximum Gasteiger partial charge on any atom is 0.0159 e. The standard InChI is InChI=1S/C51H36/c1-51(2)49-18-9-8-17-45(49)46-26-22-39(32-50(46)51)35-16-10-15-34(27-35)38-21-24-43-40(28-38)19-20-41-29-42(23-25-44(41)43)48-31-37-14-7-6-13-36(37)30-47(48)33-11-4-3-5-12-33/h3-32H,1-2H3. The fourth-order valence-electron chi connectivity index (χ4n) is 8.52. The first kappa shape index (κ1) is 29.7. The second-order valence-electron chi connectivity index (χ2n) is 14.6. The molecule has 51 heavy (non-hydrogen) atoms. The molecule has 1 aliphatic rings. The van der Waals surface area contributed by atoms with Crippen molar-refractivity contribution in [2.45, 2.75) is 19.3 Å². The molecular weight excluding hydrogens is 613 g/mol. The fraction of sp³-hybridized carbons (Fsp3) is 0.0588. The molecule has 0 N–H and O–H groups in total. The number of hydrogen-bond acceptors (Lipinski definition) is 0. The van der Waals surface area contributed by atoms with E-state index in [0.717, 1.165) is 0 Å². The van der Waals surface area contributed by atoms with Gasteiger partial charge in [-0.25, -0.2) is 0 Å². The molecule has 240 valence electrons. The van der Waals surface area contributed by atoms with Gasteiger partial charge in [0.1, 0.15) is 0 Å². The fourth-order valence-corrected chi connectivity index (χ4v) is 8.52. The Morgan fingerprint density at radius 3 is 1.51 bits per heavy atom. The van der Waals surface area contributed by atoms with E-state index in [1.54, 1.807) is 0 Å². The van der Waals surface area contributed by atoms with Crippen molar-refractivity contribution in [1.82, 2.24) is 0 Å². The van der Waals surface area contributed by atoms with E-state index in [1.807, 2.05) is 0 Å². The molecule has 0 aliphatic heterocycles. The van der Waals surface area contributed by atoms with Crippen LogP contribution < -0.4 is 0 Å². The molecule has 0 nitrogen and oxygen atoms in total. The van der Waals surface area contributed by atoms with Crippen LogP contribution in [0.1, 0.15) is 25.0 Å². The van der Waals surface area contributed by atoms with Crippen LogP contribution in [0.3, 0.4) is 0 Å². The summed E-state index contributed by atoms with van der Waals surface area (Å²) in [4.78, 5) is 0. The molecule has 10 rings (SSSR count). The van der Waals surface area contributed by atoms with Crippen LogP contribution in [0, 0.1) is 0 Å². The molecule has 0 unspecified atom stereocenters. The lowest BCUT2D eigenvalue weighted by Crippen LogP contribution is -2.14. The Hall–Kier alpha value is -6.24. The largest absolute Gasteiger partial charge is 0.0622 e. The first-order valence-electron chi connectivity index (χ1n) is 17.9. The normalized spacial score (nSPS) is 13.1. The van der Waals surface area contributed by atoms with Gasteiger partial charge >= 0.3 is 0 Å². The number of rotatable bonds is 4. The van der Waals surface area contributed by atoms with Gasteiger partial charge in [-0.3, -0.25) is 0 Å². The molecule has 0 radical (unpaired) electrons. The molecule has 0 heterocycles. The minimum Gasteiger partial charge on any atom is -0.0622 e. The molecule has 0 saturated carbocycles. The van der Waals surface area contributed by atoms with Gasteiger partial charge in [-0.05, 0) is 135 Å². The van der Waals surface area contributed by atoms with Gasteiger partial charge in [-0.1, -0.05) is 159 Å². The molecule has 0 amide bonds. The average molecular weight is 649 g/mol. The molecule has 9 aromatic carbocycles. The van der Waals surface area contributed by atoms with E-state index in [-0.39, 0.29) is 5.41 Å². The Labute approximate surface area is 299 Å². The van der Waals surface area contributed by atoms with Gasteiger partial charge in [0.25, 0.3) is 0 Å². The molecule has 0 spiro atoms. The lowest BCUT2D eigenvalue weighted by atomic mass is 9.81. The first-order chi connectivity index (χ1) is 25.0. The second kappa shape index (κ2) is 11.4. The van der Waals surface area contributed by atoms with E-state index < -0.39 is 0 Å². The van der Waals surface area contributed by atoms with Crippen LogP contribution in [0.25, 0.3) is 88.0 Å². The van der Waals surface area contributed by atoms with Gasteiger partial charge in [-0.15, -0.1) is 0 Å². The smallest absolute Gasteiger partial charge is 0.0159 e. The maximum atomic E-state index is 2.41. The summed E-state index contributed by atoms with van der Waals surface area (Å²) in [5.41, 5.74) is 15.5. The van der Waals surface area contributed by atoms with Crippen molar-refractivity contribution in [3.05, 3.63) is 193 Å². The molecule has 9 aromatic rings. The Morgan fingerprint density at radius 2 is 0.784 bits per heavy atom. The van der Waals surface area contributed by atoms with E-state index in [1.165, 1.54) is 99.1 Å². The lowest BCUT2D eigenvalue weighted by Gasteiger charge is -2.22. The van der Waals surface area contributed by atoms with Gasteiger partial charge < -0.3 is 0 Å². The summed E-state index contributed by atoms with van der Waals surface area (Å²) in [6.45, 7) is 4.70. The van der Waals surface area contributed by atoms with Gasteiger partial charge in [0.2, 0.25) is 0 Å². The minimum atomic E-state index is -0.0128. The van der Waals surface area contributed by atoms with E-state index in [2.05, 4.69) is 196 Å². The Morgan fingerprint density at radius 1 is 0.275 bits per heavy atom. The van der Waals surface area contributed by atoms with Crippen LogP contribution in [-0.4, -0.2) is 0 Å². The second-order valence-corrected chi connectivity index (χ2v) is 14.6. The van der Waals surface area contributed by atoms with Gasteiger partial charge in [0, 0.05) is 5.41 Å². The monoisotopic (exact) mass is 648 g/mol. The number of fused-ring (bicyclic) bond motifs is 7. The molecule has 0 fully saturated rings. The average Bonchev–Trinajstić information content (AvgIpc) is 3.42. The van der Waals surface area contributed by atoms with Crippen molar-refractivity contribution in [3.63, 3.8) is 0 Å². The molecule has 0 saturated heterocycles. The summed E-state index contributed by atoms with van der Waals surface area (Å²) in [7, 11) is 0. The maximum absolute atomic E-state index is 2.41. The summed E-state index contributed by atoms with van der Waals surface area (Å²) < 4.78 is 0. The molecule has 0 atom stereocenters. The predicted octanol–water partition coefficient (Wildman–Crippen LogP) is 14.1. The third kappa shape index (κ3) is 4.83. The highest BCUT2D eigenvalue weighted by atomic mass is 14.4. The molecular formula is C51H36. The van der Waals surface area contributed by atoms with Crippen molar-refractivity contribution >= 4 is 32.3 Å². The third-order valence-corrected chi connectivity index (χ3v) is 11.2. The van der Waals surface area contributed by atoms with Crippen LogP contribution in [0.5, 0.6) is 0 Å². The predicted molar refractivity (Wildman–Crippen MR) is 218 cm³/mol. The van der Waals surface area contributed by atoms with E-state index in [9.17, 15) is 0 Å². The van der Waals surface area contributed by atoms with Crippen molar-refractivity contribution in [2.24, 2.45) is 0 Å². The highest BCUT2D eigenvalue weighted by Crippen LogP contribution is 2.49. The zero-order valence-electron chi connectivity index (χ0n) is 28.8. The zero-order valence-corrected chi connectivity index (χ0v) is 28.8. The minimum absolute atomic E-state index is 0.0128. The van der Waals surface area contributed by atoms with Crippen molar-refractivity contribution in [2.75, 3.05) is 0 Å². The Balaban J connectivity index is 1.02. The highest BCUT2D eigenvalue weighted by Gasteiger charge is 2.35. The van der Waals surface area contributed by atoms with Gasteiger partial charge in [-0.2, -0.15) is 0 Å². The molecule has 1 aliphatic carbocycles. The van der Waals surface area contributed by atoms with Crippen LogP contribution in [0.2, 0.25) is 0 Å². The Bertz CT molecular complexity index is 2820.